The second kappa shape index (κ2) is 7.56. The standard InChI is InChI=1S/C15H22N2O5S/c1-5-17(6-2)23(21,22)13-9-12(8-7-10(13)3)14(18)16-11(4)15(19)20/h7-9,11H,5-6H2,1-4H3,(H,16,18)(H,19,20)/t11-/m0/s1. The normalized spacial score (nSPS) is 12.9. The second-order valence-corrected chi connectivity index (χ2v) is 7.01. The van der Waals surface area contributed by atoms with Crippen molar-refractivity contribution in [1.29, 1.82) is 0 Å². The Morgan fingerprint density at radius 2 is 1.83 bits per heavy atom. The van der Waals surface area contributed by atoms with Crippen LogP contribution in [0.4, 0.5) is 0 Å². The van der Waals surface area contributed by atoms with Gasteiger partial charge < -0.3 is 10.4 Å². The van der Waals surface area contributed by atoms with E-state index in [-0.39, 0.29) is 10.5 Å². The summed E-state index contributed by atoms with van der Waals surface area (Å²) in [6.45, 7) is 7.11. The van der Waals surface area contributed by atoms with Gasteiger partial charge in [0.1, 0.15) is 6.04 Å². The number of nitrogens with one attached hydrogen (secondary N) is 1. The van der Waals surface area contributed by atoms with Gasteiger partial charge in [0.15, 0.2) is 0 Å². The summed E-state index contributed by atoms with van der Waals surface area (Å²) in [5.41, 5.74) is 0.633. The molecule has 1 aromatic carbocycles. The van der Waals surface area contributed by atoms with Crippen molar-refractivity contribution in [3.63, 3.8) is 0 Å². The van der Waals surface area contributed by atoms with Gasteiger partial charge in [-0.3, -0.25) is 9.59 Å². The van der Waals surface area contributed by atoms with Crippen LogP contribution in [0.1, 0.15) is 36.7 Å². The molecule has 7 nitrogen and oxygen atoms in total. The highest BCUT2D eigenvalue weighted by molar-refractivity contribution is 7.89. The number of benzene rings is 1. The third-order valence-corrected chi connectivity index (χ3v) is 5.68. The highest BCUT2D eigenvalue weighted by atomic mass is 32.2. The predicted octanol–water partition coefficient (Wildman–Crippen LogP) is 1.23. The van der Waals surface area contributed by atoms with Gasteiger partial charge in [-0.25, -0.2) is 8.42 Å². The van der Waals surface area contributed by atoms with E-state index >= 15 is 0 Å². The van der Waals surface area contributed by atoms with E-state index in [1.54, 1.807) is 20.8 Å². The quantitative estimate of drug-likeness (QED) is 0.775. The predicted molar refractivity (Wildman–Crippen MR) is 85.8 cm³/mol. The van der Waals surface area contributed by atoms with Crippen LogP contribution in [0.3, 0.4) is 0 Å². The van der Waals surface area contributed by atoms with Gasteiger partial charge in [0.05, 0.1) is 4.90 Å². The number of aliphatic carboxylic acids is 1. The van der Waals surface area contributed by atoms with Gasteiger partial charge in [0, 0.05) is 18.7 Å². The van der Waals surface area contributed by atoms with E-state index < -0.39 is 27.9 Å². The zero-order chi connectivity index (χ0) is 17.8. The van der Waals surface area contributed by atoms with Crippen LogP contribution in [0.15, 0.2) is 23.1 Å². The minimum Gasteiger partial charge on any atom is -0.480 e. The third kappa shape index (κ3) is 4.29. The highest BCUT2D eigenvalue weighted by Gasteiger charge is 2.25. The Balaban J connectivity index is 3.23. The summed E-state index contributed by atoms with van der Waals surface area (Å²) in [5, 5.41) is 11.1. The van der Waals surface area contributed by atoms with E-state index in [1.165, 1.54) is 29.4 Å². The van der Waals surface area contributed by atoms with E-state index in [1.807, 2.05) is 0 Å². The minimum absolute atomic E-state index is 0.0526. The molecule has 0 aromatic heterocycles. The molecule has 0 fully saturated rings. The minimum atomic E-state index is -3.70. The maximum Gasteiger partial charge on any atom is 0.325 e. The first-order chi connectivity index (χ1) is 10.6. The summed E-state index contributed by atoms with van der Waals surface area (Å²) in [6.07, 6.45) is 0. The van der Waals surface area contributed by atoms with E-state index in [9.17, 15) is 18.0 Å². The Morgan fingerprint density at radius 1 is 1.26 bits per heavy atom. The lowest BCUT2D eigenvalue weighted by molar-refractivity contribution is -0.138. The lowest BCUT2D eigenvalue weighted by Gasteiger charge is -2.20. The van der Waals surface area contributed by atoms with Crippen molar-refractivity contribution in [2.45, 2.75) is 38.6 Å². The van der Waals surface area contributed by atoms with E-state index in [0.717, 1.165) is 0 Å². The highest BCUT2D eigenvalue weighted by Crippen LogP contribution is 2.21. The van der Waals surface area contributed by atoms with E-state index in [2.05, 4.69) is 5.32 Å². The van der Waals surface area contributed by atoms with Crippen molar-refractivity contribution in [3.8, 4) is 0 Å². The first kappa shape index (κ1) is 19.1. The number of carboxylic acid groups (broad SMARTS) is 1. The molecule has 128 valence electrons. The first-order valence-corrected chi connectivity index (χ1v) is 8.73. The Kier molecular flexibility index (Phi) is 6.28. The van der Waals surface area contributed by atoms with Crippen LogP contribution >= 0.6 is 0 Å². The fraction of sp³-hybridized carbons (Fsp3) is 0.467. The van der Waals surface area contributed by atoms with Crippen LogP contribution < -0.4 is 5.32 Å². The number of sulfonamides is 1. The molecule has 23 heavy (non-hydrogen) atoms. The summed E-state index contributed by atoms with van der Waals surface area (Å²) in [6, 6.07) is 3.23. The van der Waals surface area contributed by atoms with Crippen LogP contribution in [-0.4, -0.2) is 48.8 Å². The molecule has 0 unspecified atom stereocenters. The largest absolute Gasteiger partial charge is 0.480 e. The first-order valence-electron chi connectivity index (χ1n) is 7.29. The second-order valence-electron chi connectivity index (χ2n) is 5.10. The molecule has 0 radical (unpaired) electrons. The fourth-order valence-corrected chi connectivity index (χ4v) is 3.77. The van der Waals surface area contributed by atoms with Gasteiger partial charge in [-0.15, -0.1) is 0 Å². The molecule has 8 heteroatoms. The molecule has 0 spiro atoms. The third-order valence-electron chi connectivity index (χ3n) is 3.49. The number of hydrogen-bond acceptors (Lipinski definition) is 4. The van der Waals surface area contributed by atoms with Gasteiger partial charge in [0.2, 0.25) is 10.0 Å². The smallest absolute Gasteiger partial charge is 0.325 e. The van der Waals surface area contributed by atoms with Crippen molar-refractivity contribution >= 4 is 21.9 Å². The molecule has 0 saturated heterocycles. The summed E-state index contributed by atoms with van der Waals surface area (Å²) in [5.74, 6) is -1.79. The van der Waals surface area contributed by atoms with E-state index in [4.69, 9.17) is 5.11 Å². The van der Waals surface area contributed by atoms with E-state index in [0.29, 0.717) is 18.7 Å². The van der Waals surface area contributed by atoms with Gasteiger partial charge in [0.25, 0.3) is 5.91 Å². The number of nitrogens with zero attached hydrogens (tertiary/aromatic N) is 1. The van der Waals surface area contributed by atoms with Crippen LogP contribution in [0.5, 0.6) is 0 Å². The van der Waals surface area contributed by atoms with Crippen LogP contribution in [-0.2, 0) is 14.8 Å². The van der Waals surface area contributed by atoms with Gasteiger partial charge in [-0.1, -0.05) is 19.9 Å². The number of hydrogen-bond donors (Lipinski definition) is 2. The molecule has 2 N–H and O–H groups in total. The molecule has 1 amide bonds. The average molecular weight is 342 g/mol. The van der Waals surface area contributed by atoms with Gasteiger partial charge in [-0.2, -0.15) is 4.31 Å². The Hall–Kier alpha value is -1.93. The number of amides is 1. The number of carbonyl (C=O) groups excluding carboxylic acids is 1. The molecule has 0 aliphatic heterocycles. The number of carboxylic acids is 1. The fourth-order valence-electron chi connectivity index (χ4n) is 2.06. The summed E-state index contributed by atoms with van der Waals surface area (Å²) < 4.78 is 26.5. The van der Waals surface area contributed by atoms with Gasteiger partial charge >= 0.3 is 5.97 Å². The molecule has 0 heterocycles. The Morgan fingerprint density at radius 3 is 2.30 bits per heavy atom. The van der Waals surface area contributed by atoms with Crippen molar-refractivity contribution in [3.05, 3.63) is 29.3 Å². The Bertz CT molecular complexity index is 696. The number of aryl methyl sites for hydroxylation is 1. The van der Waals surface area contributed by atoms with Crippen molar-refractivity contribution in [2.24, 2.45) is 0 Å². The lowest BCUT2D eigenvalue weighted by atomic mass is 10.1. The van der Waals surface area contributed by atoms with Crippen LogP contribution in [0.25, 0.3) is 0 Å². The lowest BCUT2D eigenvalue weighted by Crippen LogP contribution is -2.38. The molecular weight excluding hydrogens is 320 g/mol. The topological polar surface area (TPSA) is 104 Å². The molecule has 0 bridgehead atoms. The molecule has 1 rings (SSSR count). The molecule has 1 atom stereocenters. The zero-order valence-electron chi connectivity index (χ0n) is 13.7. The van der Waals surface area contributed by atoms with Crippen molar-refractivity contribution in [2.75, 3.05) is 13.1 Å². The maximum atomic E-state index is 12.6. The Labute approximate surface area is 136 Å². The maximum absolute atomic E-state index is 12.6. The van der Waals surface area contributed by atoms with Crippen LogP contribution in [0, 0.1) is 6.92 Å². The molecule has 1 aromatic rings. The van der Waals surface area contributed by atoms with Gasteiger partial charge in [-0.05, 0) is 31.5 Å². The van der Waals surface area contributed by atoms with Crippen LogP contribution in [0.2, 0.25) is 0 Å². The number of rotatable bonds is 7. The zero-order valence-corrected chi connectivity index (χ0v) is 14.5. The summed E-state index contributed by atoms with van der Waals surface area (Å²) in [4.78, 5) is 22.9. The average Bonchev–Trinajstić information content (AvgIpc) is 2.48. The summed E-state index contributed by atoms with van der Waals surface area (Å²) >= 11 is 0. The molecule has 0 saturated carbocycles. The molecule has 0 aliphatic carbocycles. The monoisotopic (exact) mass is 342 g/mol. The number of carbonyl (C=O) groups is 2. The SMILES string of the molecule is CCN(CC)S(=O)(=O)c1cc(C(=O)N[C@@H](C)C(=O)O)ccc1C. The van der Waals surface area contributed by atoms with Crippen molar-refractivity contribution in [1.82, 2.24) is 9.62 Å². The molecule has 0 aliphatic rings. The summed E-state index contributed by atoms with van der Waals surface area (Å²) in [7, 11) is -3.70. The van der Waals surface area contributed by atoms with Crippen molar-refractivity contribution < 1.29 is 23.1 Å². The molecular formula is C15H22N2O5S.